The third kappa shape index (κ3) is 7.69. The van der Waals surface area contributed by atoms with Crippen LogP contribution in [0.2, 0.25) is 10.0 Å². The molecule has 0 radical (unpaired) electrons. The molecule has 7 atom stereocenters. The fourth-order valence-corrected chi connectivity index (χ4v) is 6.04. The molecule has 1 fully saturated rings. The van der Waals surface area contributed by atoms with E-state index in [9.17, 15) is 24.0 Å². The molecule has 2 aliphatic rings. The fraction of sp³-hybridized carbons (Fsp3) is 0.452. The molecular weight excluding hydrogens is 633 g/mol. The minimum atomic E-state index is -1.76. The number of esters is 4. The van der Waals surface area contributed by atoms with Crippen molar-refractivity contribution in [2.45, 2.75) is 76.3 Å². The number of carbonyl (C=O) groups excluding carboxylic acids is 5. The van der Waals surface area contributed by atoms with Gasteiger partial charge in [-0.25, -0.2) is 9.59 Å². The van der Waals surface area contributed by atoms with Crippen LogP contribution in [-0.4, -0.2) is 79.7 Å². The van der Waals surface area contributed by atoms with Crippen molar-refractivity contribution >= 4 is 53.2 Å². The van der Waals surface area contributed by atoms with Crippen LogP contribution < -0.4 is 0 Å². The Morgan fingerprint density at radius 1 is 0.778 bits per heavy atom. The molecule has 1 aliphatic carbocycles. The third-order valence-corrected chi connectivity index (χ3v) is 8.35. The van der Waals surface area contributed by atoms with Gasteiger partial charge in [-0.1, -0.05) is 53.5 Å². The molecule has 1 amide bonds. The summed E-state index contributed by atoms with van der Waals surface area (Å²) < 4.78 is 32.2. The summed E-state index contributed by atoms with van der Waals surface area (Å²) in [6.45, 7) is 3.21. The van der Waals surface area contributed by atoms with E-state index in [1.54, 1.807) is 6.07 Å². The zero-order valence-electron chi connectivity index (χ0n) is 25.2. The Bertz CT molecular complexity index is 1470. The van der Waals surface area contributed by atoms with E-state index in [1.807, 2.05) is 36.4 Å². The number of rotatable bonds is 7. The van der Waals surface area contributed by atoms with Crippen molar-refractivity contribution in [1.82, 2.24) is 4.90 Å². The van der Waals surface area contributed by atoms with Crippen LogP contribution in [0.5, 0.6) is 0 Å². The Kier molecular flexibility index (Phi) is 10.9. The van der Waals surface area contributed by atoms with Gasteiger partial charge in [0.05, 0.1) is 23.2 Å². The molecule has 45 heavy (non-hydrogen) atoms. The summed E-state index contributed by atoms with van der Waals surface area (Å²) in [6, 6.07) is 12.7. The Balaban J connectivity index is 1.63. The second-order valence-electron chi connectivity index (χ2n) is 10.6. The Morgan fingerprint density at radius 2 is 1.38 bits per heavy atom. The van der Waals surface area contributed by atoms with Crippen molar-refractivity contribution in [1.29, 1.82) is 0 Å². The SMILES string of the molecule is COC(=O)[C@H]1O[C@@H](OC(=O)N(C)[C@H]2CC[C@@H](c3ccc(Cl)c(Cl)c3)c3ccccc32)[C@H](OC(C)=O)[C@@H](OC(C)=O)[C@@H]1OC(C)=O. The van der Waals surface area contributed by atoms with Crippen molar-refractivity contribution in [2.75, 3.05) is 14.2 Å². The number of halogens is 2. The number of fused-ring (bicyclic) bond motifs is 1. The van der Waals surface area contributed by atoms with Crippen LogP contribution in [0.4, 0.5) is 4.79 Å². The highest BCUT2D eigenvalue weighted by Crippen LogP contribution is 2.44. The van der Waals surface area contributed by atoms with E-state index in [4.69, 9.17) is 51.6 Å². The van der Waals surface area contributed by atoms with Gasteiger partial charge >= 0.3 is 30.0 Å². The second-order valence-corrected chi connectivity index (χ2v) is 11.4. The molecule has 1 saturated heterocycles. The van der Waals surface area contributed by atoms with Gasteiger partial charge < -0.3 is 33.3 Å². The van der Waals surface area contributed by atoms with Crippen LogP contribution >= 0.6 is 23.2 Å². The molecule has 2 aromatic carbocycles. The van der Waals surface area contributed by atoms with E-state index in [-0.39, 0.29) is 5.92 Å². The Morgan fingerprint density at radius 3 is 1.98 bits per heavy atom. The van der Waals surface area contributed by atoms with Crippen LogP contribution in [-0.2, 0) is 47.6 Å². The van der Waals surface area contributed by atoms with Crippen molar-refractivity contribution in [2.24, 2.45) is 0 Å². The minimum absolute atomic E-state index is 0.00447. The fourth-order valence-electron chi connectivity index (χ4n) is 5.73. The third-order valence-electron chi connectivity index (χ3n) is 7.61. The molecule has 14 heteroatoms. The summed E-state index contributed by atoms with van der Waals surface area (Å²) in [5.41, 5.74) is 2.84. The number of benzene rings is 2. The summed E-state index contributed by atoms with van der Waals surface area (Å²) in [5, 5.41) is 0.893. The maximum atomic E-state index is 13.7. The number of amides is 1. The number of hydrogen-bond acceptors (Lipinski definition) is 11. The minimum Gasteiger partial charge on any atom is -0.467 e. The molecular formula is C31H33Cl2NO11. The monoisotopic (exact) mass is 665 g/mol. The van der Waals surface area contributed by atoms with Crippen LogP contribution in [0.15, 0.2) is 42.5 Å². The summed E-state index contributed by atoms with van der Waals surface area (Å²) >= 11 is 12.4. The molecule has 0 unspecified atom stereocenters. The first-order chi connectivity index (χ1) is 21.3. The molecule has 242 valence electrons. The van der Waals surface area contributed by atoms with Gasteiger partial charge in [0, 0.05) is 33.7 Å². The number of carbonyl (C=O) groups is 5. The maximum Gasteiger partial charge on any atom is 0.412 e. The first kappa shape index (κ1) is 34.0. The van der Waals surface area contributed by atoms with E-state index < -0.39 is 66.7 Å². The second kappa shape index (κ2) is 14.5. The van der Waals surface area contributed by atoms with Gasteiger partial charge in [0.2, 0.25) is 12.4 Å². The average molecular weight is 667 g/mol. The Labute approximate surface area is 269 Å². The first-order valence-corrected chi connectivity index (χ1v) is 14.8. The summed E-state index contributed by atoms with van der Waals surface area (Å²) in [5.74, 6) is -3.56. The molecule has 4 rings (SSSR count). The summed E-state index contributed by atoms with van der Waals surface area (Å²) in [6.07, 6.45) is -7.91. The molecule has 0 saturated carbocycles. The zero-order chi connectivity index (χ0) is 33.0. The highest BCUT2D eigenvalue weighted by molar-refractivity contribution is 6.42. The molecule has 0 aromatic heterocycles. The zero-order valence-corrected chi connectivity index (χ0v) is 26.7. The highest BCUT2D eigenvalue weighted by Gasteiger charge is 2.56. The lowest BCUT2D eigenvalue weighted by atomic mass is 9.76. The van der Waals surface area contributed by atoms with E-state index in [1.165, 1.54) is 11.9 Å². The standard InChI is InChI=1S/C31H33Cl2NO11/c1-15(35)41-25-26(42-16(2)36)28(43-17(3)37)30(44-27(25)29(38)40-5)45-31(39)34(4)24-13-11-19(20-8-6-7-9-21(20)24)18-10-12-22(32)23(33)14-18/h6-10,12,14,19,24-28,30H,11,13H2,1-5H3/t19-,24-,25-,26-,27-,28+,30-/m0/s1. The number of methoxy groups -OCH3 is 1. The topological polar surface area (TPSA) is 144 Å². The van der Waals surface area contributed by atoms with Crippen molar-refractivity contribution in [3.8, 4) is 0 Å². The van der Waals surface area contributed by atoms with Gasteiger partial charge in [0.1, 0.15) is 0 Å². The summed E-state index contributed by atoms with van der Waals surface area (Å²) in [7, 11) is 2.60. The molecule has 12 nitrogen and oxygen atoms in total. The quantitative estimate of drug-likeness (QED) is 0.299. The van der Waals surface area contributed by atoms with Gasteiger partial charge in [-0.2, -0.15) is 0 Å². The van der Waals surface area contributed by atoms with Gasteiger partial charge in [0.15, 0.2) is 18.3 Å². The van der Waals surface area contributed by atoms with Gasteiger partial charge in [-0.15, -0.1) is 0 Å². The van der Waals surface area contributed by atoms with Gasteiger partial charge in [0.25, 0.3) is 0 Å². The lowest BCUT2D eigenvalue weighted by Crippen LogP contribution is -2.64. The van der Waals surface area contributed by atoms with E-state index in [0.717, 1.165) is 44.6 Å². The van der Waals surface area contributed by atoms with Crippen LogP contribution in [0.25, 0.3) is 0 Å². The largest absolute Gasteiger partial charge is 0.467 e. The predicted molar refractivity (Wildman–Crippen MR) is 158 cm³/mol. The number of ether oxygens (including phenoxy) is 6. The van der Waals surface area contributed by atoms with Crippen molar-refractivity contribution < 1.29 is 52.4 Å². The normalized spacial score (nSPS) is 25.6. The smallest absolute Gasteiger partial charge is 0.412 e. The molecule has 1 heterocycles. The van der Waals surface area contributed by atoms with E-state index in [0.29, 0.717) is 22.9 Å². The average Bonchev–Trinajstić information content (AvgIpc) is 2.99. The van der Waals surface area contributed by atoms with Crippen molar-refractivity contribution in [3.05, 3.63) is 69.2 Å². The molecule has 1 aliphatic heterocycles. The van der Waals surface area contributed by atoms with E-state index >= 15 is 0 Å². The maximum absolute atomic E-state index is 13.7. The number of hydrogen-bond donors (Lipinski definition) is 0. The van der Waals surface area contributed by atoms with Gasteiger partial charge in [-0.3, -0.25) is 14.4 Å². The highest BCUT2D eigenvalue weighted by atomic mass is 35.5. The summed E-state index contributed by atoms with van der Waals surface area (Å²) in [4.78, 5) is 63.8. The molecule has 0 spiro atoms. The van der Waals surface area contributed by atoms with Crippen LogP contribution in [0, 0.1) is 0 Å². The van der Waals surface area contributed by atoms with Crippen LogP contribution in [0.3, 0.4) is 0 Å². The lowest BCUT2D eigenvalue weighted by molar-refractivity contribution is -0.289. The lowest BCUT2D eigenvalue weighted by Gasteiger charge is -2.43. The van der Waals surface area contributed by atoms with Crippen molar-refractivity contribution in [3.63, 3.8) is 0 Å². The Hall–Kier alpha value is -3.87. The molecule has 0 N–H and O–H groups in total. The molecule has 0 bridgehead atoms. The molecule has 2 aromatic rings. The van der Waals surface area contributed by atoms with Crippen LogP contribution in [0.1, 0.15) is 62.3 Å². The first-order valence-electron chi connectivity index (χ1n) is 14.0. The van der Waals surface area contributed by atoms with Gasteiger partial charge in [-0.05, 0) is 41.7 Å². The van der Waals surface area contributed by atoms with E-state index in [2.05, 4.69) is 0 Å². The predicted octanol–water partition coefficient (Wildman–Crippen LogP) is 4.72. The number of nitrogens with zero attached hydrogens (tertiary/aromatic N) is 1.